The standard InChI is InChI=1S/C14H21.CH3.Ni.H3P/c1-3-11-5-9(1)7-13(11)14-8-10-2-4-12(14)6-10;;;/h7,9-14H,1-6,8H2;1H3;;1H3/q2*-1;+3;. The van der Waals surface area contributed by atoms with E-state index in [1.807, 2.05) is 0 Å². The van der Waals surface area contributed by atoms with Crippen molar-refractivity contribution in [3.8, 4) is 0 Å². The Kier molecular flexibility index (Phi) is 5.56. The van der Waals surface area contributed by atoms with E-state index in [-0.39, 0.29) is 33.8 Å². The van der Waals surface area contributed by atoms with E-state index in [0.29, 0.717) is 0 Å². The minimum Gasteiger partial charge on any atom is -0.358 e. The number of fused-ring (bicyclic) bond motifs is 4. The predicted octanol–water partition coefficient (Wildman–Crippen LogP) is 4.18. The van der Waals surface area contributed by atoms with E-state index >= 15 is 0 Å². The topological polar surface area (TPSA) is 0 Å². The quantitative estimate of drug-likeness (QED) is 0.387. The third-order valence-corrected chi connectivity index (χ3v) is 5.84. The van der Waals surface area contributed by atoms with Gasteiger partial charge in [-0.05, 0) is 31.1 Å². The van der Waals surface area contributed by atoms with Crippen molar-refractivity contribution < 1.29 is 16.5 Å². The molecule has 0 saturated heterocycles. The van der Waals surface area contributed by atoms with Crippen molar-refractivity contribution in [1.29, 1.82) is 0 Å². The van der Waals surface area contributed by atoms with E-state index in [2.05, 4.69) is 6.42 Å². The summed E-state index contributed by atoms with van der Waals surface area (Å²) in [4.78, 5) is 0. The summed E-state index contributed by atoms with van der Waals surface area (Å²) in [5.41, 5.74) is 0. The molecule has 0 nitrogen and oxygen atoms in total. The normalized spacial score (nSPS) is 49.4. The Morgan fingerprint density at radius 1 is 0.824 bits per heavy atom. The fourth-order valence-electron chi connectivity index (χ4n) is 5.31. The van der Waals surface area contributed by atoms with Gasteiger partial charge < -0.3 is 13.8 Å². The van der Waals surface area contributed by atoms with E-state index in [1.165, 1.54) is 6.42 Å². The van der Waals surface area contributed by atoms with E-state index in [0.717, 1.165) is 35.5 Å². The molecule has 4 bridgehead atoms. The molecule has 7 atom stereocenters. The molecule has 0 aromatic heterocycles. The fraction of sp³-hybridized carbons (Fsp3) is 0.867. The van der Waals surface area contributed by atoms with Gasteiger partial charge in [0.15, 0.2) is 0 Å². The molecule has 0 heterocycles. The van der Waals surface area contributed by atoms with Crippen molar-refractivity contribution in [3.05, 3.63) is 13.8 Å². The molecule has 0 N–H and O–H groups in total. The van der Waals surface area contributed by atoms with Gasteiger partial charge in [-0.1, -0.05) is 37.5 Å². The van der Waals surface area contributed by atoms with Crippen molar-refractivity contribution in [2.75, 3.05) is 0 Å². The molecule has 7 unspecified atom stereocenters. The van der Waals surface area contributed by atoms with Gasteiger partial charge in [0, 0.05) is 0 Å². The number of hydrogen-bond donors (Lipinski definition) is 0. The largest absolute Gasteiger partial charge is 3.00 e. The second-order valence-electron chi connectivity index (χ2n) is 6.44. The summed E-state index contributed by atoms with van der Waals surface area (Å²) in [7, 11) is 0. The monoisotopic (exact) mass is 296 g/mol. The molecule has 0 spiro atoms. The van der Waals surface area contributed by atoms with Gasteiger partial charge >= 0.3 is 16.5 Å². The Hall–Kier alpha value is 0.924. The third kappa shape index (κ3) is 2.49. The van der Waals surface area contributed by atoms with Gasteiger partial charge in [0.25, 0.3) is 0 Å². The first-order chi connectivity index (χ1) is 6.90. The van der Waals surface area contributed by atoms with Crippen LogP contribution in [0.4, 0.5) is 0 Å². The van der Waals surface area contributed by atoms with Gasteiger partial charge in [0.1, 0.15) is 0 Å². The van der Waals surface area contributed by atoms with Crippen LogP contribution in [0.3, 0.4) is 0 Å². The summed E-state index contributed by atoms with van der Waals surface area (Å²) in [6, 6.07) is 0. The van der Waals surface area contributed by atoms with Gasteiger partial charge in [-0.25, -0.2) is 0 Å². The molecule has 0 aromatic rings. The second kappa shape index (κ2) is 5.92. The first-order valence-electron chi connectivity index (χ1n) is 6.75. The molecule has 101 valence electrons. The Balaban J connectivity index is 0.000000482. The van der Waals surface area contributed by atoms with Gasteiger partial charge in [-0.2, -0.15) is 21.7 Å². The summed E-state index contributed by atoms with van der Waals surface area (Å²) < 4.78 is 0. The first kappa shape index (κ1) is 16.0. The molecule has 4 rings (SSSR count). The zero-order valence-corrected chi connectivity index (χ0v) is 13.4. The van der Waals surface area contributed by atoms with Crippen LogP contribution in [0, 0.1) is 49.4 Å². The SMILES string of the molecule is P.[CH-]1C2CCC(C2)C1C1CC2CCC1C2.[CH3-].[Ni+3]. The zero-order chi connectivity index (χ0) is 9.12. The summed E-state index contributed by atoms with van der Waals surface area (Å²) >= 11 is 0. The van der Waals surface area contributed by atoms with E-state index in [1.54, 1.807) is 38.5 Å². The summed E-state index contributed by atoms with van der Waals surface area (Å²) in [6.45, 7) is 0. The zero-order valence-electron chi connectivity index (χ0n) is 11.0. The predicted molar refractivity (Wildman–Crippen MR) is 75.1 cm³/mol. The van der Waals surface area contributed by atoms with Crippen LogP contribution in [0.1, 0.15) is 44.9 Å². The molecule has 0 aromatic carbocycles. The van der Waals surface area contributed by atoms with Crippen molar-refractivity contribution >= 4 is 9.90 Å². The Morgan fingerprint density at radius 3 is 2.06 bits per heavy atom. The van der Waals surface area contributed by atoms with Crippen LogP contribution in [0.15, 0.2) is 0 Å². The average molecular weight is 297 g/mol. The molecule has 2 heteroatoms. The smallest absolute Gasteiger partial charge is 0.358 e. The molecule has 4 saturated carbocycles. The third-order valence-electron chi connectivity index (χ3n) is 5.84. The van der Waals surface area contributed by atoms with E-state index < -0.39 is 0 Å². The Morgan fingerprint density at radius 2 is 1.59 bits per heavy atom. The van der Waals surface area contributed by atoms with Crippen LogP contribution in [-0.2, 0) is 16.5 Å². The van der Waals surface area contributed by atoms with Crippen LogP contribution in [0.2, 0.25) is 0 Å². The van der Waals surface area contributed by atoms with Crippen LogP contribution >= 0.6 is 9.90 Å². The van der Waals surface area contributed by atoms with Crippen LogP contribution in [0.25, 0.3) is 0 Å². The minimum absolute atomic E-state index is 0. The van der Waals surface area contributed by atoms with Gasteiger partial charge in [0.05, 0.1) is 0 Å². The summed E-state index contributed by atoms with van der Waals surface area (Å²) in [6.07, 6.45) is 13.8. The summed E-state index contributed by atoms with van der Waals surface area (Å²) in [5, 5.41) is 0. The summed E-state index contributed by atoms with van der Waals surface area (Å²) in [5.74, 6) is 6.69. The van der Waals surface area contributed by atoms with Crippen LogP contribution in [0.5, 0.6) is 0 Å². The average Bonchev–Trinajstić information content (AvgIpc) is 2.96. The maximum atomic E-state index is 2.78. The number of rotatable bonds is 1. The second-order valence-corrected chi connectivity index (χ2v) is 6.44. The van der Waals surface area contributed by atoms with E-state index in [9.17, 15) is 0 Å². The molecule has 4 aliphatic carbocycles. The van der Waals surface area contributed by atoms with Crippen molar-refractivity contribution in [2.24, 2.45) is 35.5 Å². The first-order valence-corrected chi connectivity index (χ1v) is 6.75. The minimum atomic E-state index is 0. The van der Waals surface area contributed by atoms with Gasteiger partial charge in [0.2, 0.25) is 0 Å². The fourth-order valence-corrected chi connectivity index (χ4v) is 5.31. The van der Waals surface area contributed by atoms with Gasteiger partial charge in [-0.3, -0.25) is 0 Å². The van der Waals surface area contributed by atoms with Crippen LogP contribution < -0.4 is 0 Å². The Labute approximate surface area is 121 Å². The molecule has 0 aliphatic heterocycles. The molecule has 1 radical (unpaired) electrons. The Bertz CT molecular complexity index is 229. The molecular formula is C15H27NiP+. The van der Waals surface area contributed by atoms with Crippen molar-refractivity contribution in [1.82, 2.24) is 0 Å². The van der Waals surface area contributed by atoms with Crippen LogP contribution in [-0.4, -0.2) is 0 Å². The van der Waals surface area contributed by atoms with Crippen molar-refractivity contribution in [2.45, 2.75) is 44.9 Å². The van der Waals surface area contributed by atoms with Crippen molar-refractivity contribution in [3.63, 3.8) is 0 Å². The molecule has 4 aliphatic rings. The van der Waals surface area contributed by atoms with E-state index in [4.69, 9.17) is 0 Å². The molecular weight excluding hydrogens is 270 g/mol. The molecule has 17 heavy (non-hydrogen) atoms. The maximum absolute atomic E-state index is 2.78. The molecule has 4 fully saturated rings. The van der Waals surface area contributed by atoms with Gasteiger partial charge in [-0.15, -0.1) is 0 Å². The maximum Gasteiger partial charge on any atom is 3.00 e. The number of hydrogen-bond acceptors (Lipinski definition) is 0. The molecule has 0 amide bonds.